The van der Waals surface area contributed by atoms with Crippen molar-refractivity contribution in [1.82, 2.24) is 5.32 Å². The summed E-state index contributed by atoms with van der Waals surface area (Å²) < 4.78 is 0. The third-order valence-corrected chi connectivity index (χ3v) is 2.57. The van der Waals surface area contributed by atoms with Crippen LogP contribution in [0.1, 0.15) is 38.8 Å². The van der Waals surface area contributed by atoms with Crippen LogP contribution in [0.2, 0.25) is 0 Å². The fourth-order valence-electron chi connectivity index (χ4n) is 1.69. The largest absolute Gasteiger partial charge is 0.347 e. The summed E-state index contributed by atoms with van der Waals surface area (Å²) >= 11 is 0. The summed E-state index contributed by atoms with van der Waals surface area (Å²) in [6.45, 7) is 11.4. The number of amides is 1. The zero-order chi connectivity index (χ0) is 12.3. The van der Waals surface area contributed by atoms with Gasteiger partial charge in [-0.1, -0.05) is 30.4 Å². The summed E-state index contributed by atoms with van der Waals surface area (Å²) in [5.74, 6) is -0.0225. The third-order valence-electron chi connectivity index (χ3n) is 2.57. The molecule has 1 aromatic carbocycles. The number of rotatable bonds is 3. The Morgan fingerprint density at radius 1 is 1.31 bits per heavy atom. The number of hydrogen-bond acceptors (Lipinski definition) is 1. The van der Waals surface area contributed by atoms with E-state index in [4.69, 9.17) is 0 Å². The highest BCUT2D eigenvalue weighted by atomic mass is 16.1. The number of benzene rings is 1. The molecule has 1 N–H and O–H groups in total. The number of allylic oxidation sites excluding steroid dienone is 1. The summed E-state index contributed by atoms with van der Waals surface area (Å²) in [5, 5.41) is 2.93. The van der Waals surface area contributed by atoms with Crippen LogP contribution in [-0.2, 0) is 10.3 Å². The van der Waals surface area contributed by atoms with Gasteiger partial charge in [0.2, 0.25) is 5.91 Å². The first-order valence-electron chi connectivity index (χ1n) is 5.38. The Morgan fingerprint density at radius 2 is 1.94 bits per heavy atom. The van der Waals surface area contributed by atoms with Crippen molar-refractivity contribution in [2.75, 3.05) is 0 Å². The minimum Gasteiger partial charge on any atom is -0.347 e. The topological polar surface area (TPSA) is 29.1 Å². The van der Waals surface area contributed by atoms with Crippen LogP contribution in [0, 0.1) is 0 Å². The smallest absolute Gasteiger partial charge is 0.217 e. The van der Waals surface area contributed by atoms with Crippen molar-refractivity contribution in [1.29, 1.82) is 0 Å². The zero-order valence-electron chi connectivity index (χ0n) is 10.4. The van der Waals surface area contributed by atoms with Crippen molar-refractivity contribution in [3.8, 4) is 0 Å². The standard InChI is InChI=1S/C14H19NO/c1-10(2)12-7-6-8-13(9-12)14(4,5)15-11(3)16/h6-9H,1H2,2-5H3,(H,15,16). The van der Waals surface area contributed by atoms with Crippen molar-refractivity contribution in [2.45, 2.75) is 33.2 Å². The summed E-state index contributed by atoms with van der Waals surface area (Å²) in [6, 6.07) is 8.10. The molecule has 0 saturated heterocycles. The Labute approximate surface area is 97.4 Å². The van der Waals surface area contributed by atoms with Gasteiger partial charge < -0.3 is 5.32 Å². The number of hydrogen-bond donors (Lipinski definition) is 1. The van der Waals surface area contributed by atoms with Gasteiger partial charge in [-0.2, -0.15) is 0 Å². The maximum absolute atomic E-state index is 11.1. The van der Waals surface area contributed by atoms with E-state index in [0.717, 1.165) is 16.7 Å². The van der Waals surface area contributed by atoms with Crippen LogP contribution in [-0.4, -0.2) is 5.91 Å². The van der Waals surface area contributed by atoms with E-state index in [1.54, 1.807) is 0 Å². The quantitative estimate of drug-likeness (QED) is 0.828. The lowest BCUT2D eigenvalue weighted by atomic mass is 9.91. The van der Waals surface area contributed by atoms with Crippen LogP contribution in [0.5, 0.6) is 0 Å². The molecule has 1 aromatic rings. The fourth-order valence-corrected chi connectivity index (χ4v) is 1.69. The molecule has 16 heavy (non-hydrogen) atoms. The van der Waals surface area contributed by atoms with Gasteiger partial charge in [-0.3, -0.25) is 4.79 Å². The van der Waals surface area contributed by atoms with Crippen LogP contribution in [0.15, 0.2) is 30.8 Å². The second-order valence-electron chi connectivity index (χ2n) is 4.67. The van der Waals surface area contributed by atoms with Crippen LogP contribution >= 0.6 is 0 Å². The van der Waals surface area contributed by atoms with E-state index in [1.165, 1.54) is 6.92 Å². The minimum absolute atomic E-state index is 0.0225. The van der Waals surface area contributed by atoms with Crippen LogP contribution in [0.25, 0.3) is 5.57 Å². The van der Waals surface area contributed by atoms with E-state index >= 15 is 0 Å². The molecule has 0 aliphatic carbocycles. The van der Waals surface area contributed by atoms with Gasteiger partial charge in [0, 0.05) is 6.92 Å². The molecule has 0 heterocycles. The molecule has 86 valence electrons. The Kier molecular flexibility index (Phi) is 3.53. The molecule has 0 spiro atoms. The highest BCUT2D eigenvalue weighted by molar-refractivity contribution is 5.74. The van der Waals surface area contributed by atoms with E-state index < -0.39 is 0 Å². The highest BCUT2D eigenvalue weighted by Crippen LogP contribution is 2.23. The maximum atomic E-state index is 11.1. The molecule has 0 aliphatic rings. The van der Waals surface area contributed by atoms with Crippen LogP contribution in [0.4, 0.5) is 0 Å². The molecule has 2 heteroatoms. The first-order chi connectivity index (χ1) is 7.33. The van der Waals surface area contributed by atoms with Crippen LogP contribution < -0.4 is 5.32 Å². The zero-order valence-corrected chi connectivity index (χ0v) is 10.4. The Balaban J connectivity index is 3.07. The highest BCUT2D eigenvalue weighted by Gasteiger charge is 2.21. The van der Waals surface area contributed by atoms with E-state index in [-0.39, 0.29) is 11.4 Å². The number of carbonyl (C=O) groups is 1. The molecule has 0 unspecified atom stereocenters. The molecule has 0 radical (unpaired) electrons. The fraction of sp³-hybridized carbons (Fsp3) is 0.357. The molecule has 0 atom stereocenters. The molecule has 2 nitrogen and oxygen atoms in total. The lowest BCUT2D eigenvalue weighted by molar-refractivity contribution is -0.120. The minimum atomic E-state index is -0.350. The molecular formula is C14H19NO. The normalized spacial score (nSPS) is 11.0. The van der Waals surface area contributed by atoms with Gasteiger partial charge in [0.25, 0.3) is 0 Å². The van der Waals surface area contributed by atoms with Gasteiger partial charge in [-0.15, -0.1) is 0 Å². The number of nitrogens with one attached hydrogen (secondary N) is 1. The average Bonchev–Trinajstić information content (AvgIpc) is 2.16. The molecule has 1 amide bonds. The van der Waals surface area contributed by atoms with Crippen molar-refractivity contribution in [3.63, 3.8) is 0 Å². The first-order valence-corrected chi connectivity index (χ1v) is 5.38. The molecule has 1 rings (SSSR count). The summed E-state index contributed by atoms with van der Waals surface area (Å²) in [5.41, 5.74) is 2.87. The summed E-state index contributed by atoms with van der Waals surface area (Å²) in [4.78, 5) is 11.1. The van der Waals surface area contributed by atoms with E-state index in [0.29, 0.717) is 0 Å². The van der Waals surface area contributed by atoms with Gasteiger partial charge in [-0.05, 0) is 38.0 Å². The summed E-state index contributed by atoms with van der Waals surface area (Å²) in [6.07, 6.45) is 0. The van der Waals surface area contributed by atoms with Gasteiger partial charge in [0.1, 0.15) is 0 Å². The van der Waals surface area contributed by atoms with Gasteiger partial charge in [0.15, 0.2) is 0 Å². The van der Waals surface area contributed by atoms with Gasteiger partial charge >= 0.3 is 0 Å². The molecule has 0 aliphatic heterocycles. The van der Waals surface area contributed by atoms with Crippen molar-refractivity contribution in [2.24, 2.45) is 0 Å². The van der Waals surface area contributed by atoms with E-state index in [9.17, 15) is 4.79 Å². The SMILES string of the molecule is C=C(C)c1cccc(C(C)(C)NC(C)=O)c1. The summed E-state index contributed by atoms with van der Waals surface area (Å²) in [7, 11) is 0. The maximum Gasteiger partial charge on any atom is 0.217 e. The predicted molar refractivity (Wildman–Crippen MR) is 68.0 cm³/mol. The lowest BCUT2D eigenvalue weighted by Gasteiger charge is -2.26. The predicted octanol–water partition coefficient (Wildman–Crippen LogP) is 3.09. The van der Waals surface area contributed by atoms with Crippen molar-refractivity contribution < 1.29 is 4.79 Å². The van der Waals surface area contributed by atoms with Crippen molar-refractivity contribution >= 4 is 11.5 Å². The molecule has 0 aromatic heterocycles. The molecule has 0 saturated carbocycles. The van der Waals surface area contributed by atoms with Crippen molar-refractivity contribution in [3.05, 3.63) is 42.0 Å². The third kappa shape index (κ3) is 2.96. The average molecular weight is 217 g/mol. The second kappa shape index (κ2) is 4.52. The van der Waals surface area contributed by atoms with E-state index in [1.807, 2.05) is 39.0 Å². The molecule has 0 bridgehead atoms. The Hall–Kier alpha value is -1.57. The lowest BCUT2D eigenvalue weighted by Crippen LogP contribution is -2.39. The second-order valence-corrected chi connectivity index (χ2v) is 4.67. The van der Waals surface area contributed by atoms with Gasteiger partial charge in [-0.25, -0.2) is 0 Å². The molecular weight excluding hydrogens is 198 g/mol. The Morgan fingerprint density at radius 3 is 2.44 bits per heavy atom. The van der Waals surface area contributed by atoms with E-state index in [2.05, 4.69) is 18.0 Å². The monoisotopic (exact) mass is 217 g/mol. The number of carbonyl (C=O) groups excluding carboxylic acids is 1. The van der Waals surface area contributed by atoms with Gasteiger partial charge in [0.05, 0.1) is 5.54 Å². The Bertz CT molecular complexity index is 418. The molecule has 0 fully saturated rings. The van der Waals surface area contributed by atoms with Crippen LogP contribution in [0.3, 0.4) is 0 Å². The first kappa shape index (κ1) is 12.5.